The van der Waals surface area contributed by atoms with E-state index in [-0.39, 0.29) is 22.2 Å². The number of nitro groups is 2. The van der Waals surface area contributed by atoms with Crippen molar-refractivity contribution in [3.05, 3.63) is 72.5 Å². The van der Waals surface area contributed by atoms with Gasteiger partial charge in [-0.25, -0.2) is 9.48 Å². The van der Waals surface area contributed by atoms with Crippen LogP contribution in [0.5, 0.6) is 0 Å². The molecule has 0 saturated carbocycles. The lowest BCUT2D eigenvalue weighted by atomic mass is 10.1. The molecule has 0 aliphatic heterocycles. The number of nitrogens with zero attached hydrogens (tertiary/aromatic N) is 4. The van der Waals surface area contributed by atoms with Crippen molar-refractivity contribution >= 4 is 28.2 Å². The minimum absolute atomic E-state index is 0.0505. The summed E-state index contributed by atoms with van der Waals surface area (Å²) in [4.78, 5) is 45.6. The van der Waals surface area contributed by atoms with Crippen LogP contribution in [0.15, 0.2) is 41.2 Å². The number of benzene rings is 2. The molecule has 0 saturated heterocycles. The highest BCUT2D eigenvalue weighted by Gasteiger charge is 2.24. The van der Waals surface area contributed by atoms with E-state index >= 15 is 0 Å². The number of ether oxygens (including phenoxy) is 1. The molecule has 3 aromatic rings. The predicted molar refractivity (Wildman–Crippen MR) is 93.2 cm³/mol. The highest BCUT2D eigenvalue weighted by molar-refractivity contribution is 6.04. The first-order valence-electron chi connectivity index (χ1n) is 7.49. The molecule has 0 N–H and O–H groups in total. The van der Waals surface area contributed by atoms with Crippen LogP contribution in [0.1, 0.15) is 10.4 Å². The van der Waals surface area contributed by atoms with Gasteiger partial charge in [-0.2, -0.15) is 0 Å². The summed E-state index contributed by atoms with van der Waals surface area (Å²) >= 11 is 0. The first-order chi connectivity index (χ1) is 12.8. The molecule has 0 aliphatic carbocycles. The van der Waals surface area contributed by atoms with Crippen LogP contribution in [0.3, 0.4) is 0 Å². The van der Waals surface area contributed by atoms with Crippen molar-refractivity contribution in [3.8, 4) is 5.69 Å². The lowest BCUT2D eigenvalue weighted by Crippen LogP contribution is -2.19. The van der Waals surface area contributed by atoms with E-state index in [0.717, 1.165) is 23.9 Å². The van der Waals surface area contributed by atoms with Crippen molar-refractivity contribution in [2.45, 2.75) is 0 Å². The molecule has 11 heteroatoms. The number of carbonyl (C=O) groups excluding carboxylic acids is 1. The molecular formula is C16H12N4O7. The second kappa shape index (κ2) is 6.37. The maximum absolute atomic E-state index is 12.8. The summed E-state index contributed by atoms with van der Waals surface area (Å²) in [7, 11) is 2.61. The lowest BCUT2D eigenvalue weighted by Gasteiger charge is -2.09. The third-order valence-corrected chi connectivity index (χ3v) is 4.06. The molecule has 1 aromatic heterocycles. The molecule has 0 radical (unpaired) electrons. The van der Waals surface area contributed by atoms with Crippen LogP contribution >= 0.6 is 0 Å². The molecule has 0 fully saturated rings. The number of hydrogen-bond acceptors (Lipinski definition) is 7. The fraction of sp³-hybridized carbons (Fsp3) is 0.125. The Balaban J connectivity index is 2.36. The van der Waals surface area contributed by atoms with Gasteiger partial charge in [-0.3, -0.25) is 29.7 Å². The van der Waals surface area contributed by atoms with Crippen LogP contribution in [0, 0.1) is 20.2 Å². The Morgan fingerprint density at radius 2 is 1.63 bits per heavy atom. The summed E-state index contributed by atoms with van der Waals surface area (Å²) in [6.45, 7) is 0. The van der Waals surface area contributed by atoms with Gasteiger partial charge in [-0.1, -0.05) is 0 Å². The van der Waals surface area contributed by atoms with E-state index in [9.17, 15) is 29.8 Å². The van der Waals surface area contributed by atoms with Crippen LogP contribution in [0.2, 0.25) is 0 Å². The second-order valence-corrected chi connectivity index (χ2v) is 5.55. The molecule has 2 aromatic carbocycles. The third-order valence-electron chi connectivity index (χ3n) is 4.06. The summed E-state index contributed by atoms with van der Waals surface area (Å²) in [6.07, 6.45) is 0. The van der Waals surface area contributed by atoms with Gasteiger partial charge in [0.05, 0.1) is 39.1 Å². The van der Waals surface area contributed by atoms with Crippen LogP contribution < -0.4 is 5.56 Å². The van der Waals surface area contributed by atoms with E-state index in [0.29, 0.717) is 5.69 Å². The van der Waals surface area contributed by atoms with Crippen molar-refractivity contribution in [3.63, 3.8) is 0 Å². The molecule has 3 rings (SSSR count). The molecule has 0 aliphatic rings. The predicted octanol–water partition coefficient (Wildman–Crippen LogP) is 1.93. The van der Waals surface area contributed by atoms with Crippen molar-refractivity contribution in [1.29, 1.82) is 0 Å². The summed E-state index contributed by atoms with van der Waals surface area (Å²) in [5.41, 5.74) is -0.895. The second-order valence-electron chi connectivity index (χ2n) is 5.55. The summed E-state index contributed by atoms with van der Waals surface area (Å²) < 4.78 is 7.17. The first kappa shape index (κ1) is 17.8. The number of non-ortho nitro benzene ring substituents is 2. The van der Waals surface area contributed by atoms with E-state index in [2.05, 4.69) is 4.74 Å². The highest BCUT2D eigenvalue weighted by atomic mass is 16.6. The van der Waals surface area contributed by atoms with Gasteiger partial charge in [0.15, 0.2) is 0 Å². The third kappa shape index (κ3) is 2.80. The van der Waals surface area contributed by atoms with E-state index in [1.54, 1.807) is 0 Å². The van der Waals surface area contributed by atoms with Crippen molar-refractivity contribution in [2.75, 3.05) is 7.11 Å². The van der Waals surface area contributed by atoms with Crippen LogP contribution in [0.25, 0.3) is 16.6 Å². The molecule has 27 heavy (non-hydrogen) atoms. The SMILES string of the molecule is COC(=O)c1cc([N+](=O)[O-])cc2c(=O)n(-c3ccc([N+](=O)[O-])cc3)n(C)c12. The normalized spacial score (nSPS) is 10.7. The Bertz CT molecular complexity index is 1160. The van der Waals surface area contributed by atoms with Crippen LogP contribution in [0.4, 0.5) is 11.4 Å². The average molecular weight is 372 g/mol. The van der Waals surface area contributed by atoms with Gasteiger partial charge in [0.1, 0.15) is 0 Å². The zero-order chi connectivity index (χ0) is 19.9. The standard InChI is InChI=1S/C16H12N4O7/c1-17-14-12(7-11(20(25)26)8-13(14)16(22)27-2)15(21)18(17)9-3-5-10(6-4-9)19(23)24/h3-8H,1-2H3. The molecule has 11 nitrogen and oxygen atoms in total. The number of fused-ring (bicyclic) bond motifs is 1. The smallest absolute Gasteiger partial charge is 0.340 e. The quantitative estimate of drug-likeness (QED) is 0.387. The molecule has 1 heterocycles. The zero-order valence-electron chi connectivity index (χ0n) is 14.1. The van der Waals surface area contributed by atoms with E-state index < -0.39 is 27.1 Å². The molecule has 0 bridgehead atoms. The van der Waals surface area contributed by atoms with Gasteiger partial charge < -0.3 is 4.74 Å². The Morgan fingerprint density at radius 3 is 2.15 bits per heavy atom. The fourth-order valence-electron chi connectivity index (χ4n) is 2.86. The Morgan fingerprint density at radius 1 is 1.04 bits per heavy atom. The number of aromatic nitrogens is 2. The van der Waals surface area contributed by atoms with Crippen molar-refractivity contribution in [2.24, 2.45) is 7.05 Å². The largest absolute Gasteiger partial charge is 0.465 e. The average Bonchev–Trinajstić information content (AvgIpc) is 2.91. The molecule has 0 spiro atoms. The Kier molecular flexibility index (Phi) is 4.20. The van der Waals surface area contributed by atoms with Crippen LogP contribution in [-0.2, 0) is 11.8 Å². The minimum Gasteiger partial charge on any atom is -0.465 e. The molecule has 0 amide bonds. The number of rotatable bonds is 4. The number of esters is 1. The molecule has 138 valence electrons. The summed E-state index contributed by atoms with van der Waals surface area (Å²) in [5, 5.41) is 21.9. The maximum atomic E-state index is 12.8. The number of aryl methyl sites for hydroxylation is 1. The Labute approximate surface area is 150 Å². The van der Waals surface area contributed by atoms with Gasteiger partial charge in [-0.15, -0.1) is 0 Å². The minimum atomic E-state index is -0.833. The number of nitro benzene ring substituents is 2. The molecular weight excluding hydrogens is 360 g/mol. The van der Waals surface area contributed by atoms with E-state index in [1.807, 2.05) is 0 Å². The summed E-state index contributed by atoms with van der Waals surface area (Å²) in [6, 6.07) is 7.29. The van der Waals surface area contributed by atoms with Gasteiger partial charge in [-0.05, 0) is 12.1 Å². The number of methoxy groups -OCH3 is 1. The van der Waals surface area contributed by atoms with Gasteiger partial charge in [0.25, 0.3) is 16.9 Å². The van der Waals surface area contributed by atoms with Crippen molar-refractivity contribution in [1.82, 2.24) is 9.36 Å². The van der Waals surface area contributed by atoms with Crippen molar-refractivity contribution < 1.29 is 19.4 Å². The van der Waals surface area contributed by atoms with E-state index in [1.165, 1.54) is 36.0 Å². The van der Waals surface area contributed by atoms with Crippen LogP contribution in [-0.4, -0.2) is 32.3 Å². The number of carbonyl (C=O) groups is 1. The maximum Gasteiger partial charge on any atom is 0.340 e. The Hall–Kier alpha value is -4.02. The molecule has 0 atom stereocenters. The topological polar surface area (TPSA) is 140 Å². The first-order valence-corrected chi connectivity index (χ1v) is 7.49. The fourth-order valence-corrected chi connectivity index (χ4v) is 2.86. The lowest BCUT2D eigenvalue weighted by molar-refractivity contribution is -0.385. The van der Waals surface area contributed by atoms with Gasteiger partial charge in [0.2, 0.25) is 0 Å². The monoisotopic (exact) mass is 372 g/mol. The zero-order valence-corrected chi connectivity index (χ0v) is 14.1. The summed E-state index contributed by atoms with van der Waals surface area (Å²) in [5.74, 6) is -0.833. The number of hydrogen-bond donors (Lipinski definition) is 0. The molecule has 0 unspecified atom stereocenters. The van der Waals surface area contributed by atoms with Gasteiger partial charge >= 0.3 is 5.97 Å². The highest BCUT2D eigenvalue weighted by Crippen LogP contribution is 2.26. The van der Waals surface area contributed by atoms with Gasteiger partial charge in [0, 0.05) is 31.3 Å². The van der Waals surface area contributed by atoms with E-state index in [4.69, 9.17) is 0 Å².